The fraction of sp³-hybridized carbons (Fsp3) is 0.533. The van der Waals surface area contributed by atoms with Crippen molar-refractivity contribution in [2.75, 3.05) is 20.1 Å². The van der Waals surface area contributed by atoms with Gasteiger partial charge in [-0.1, -0.05) is 6.92 Å². The van der Waals surface area contributed by atoms with E-state index in [-0.39, 0.29) is 12.0 Å². The summed E-state index contributed by atoms with van der Waals surface area (Å²) in [6.07, 6.45) is 1.46. The van der Waals surface area contributed by atoms with Crippen molar-refractivity contribution >= 4 is 37.8 Å². The van der Waals surface area contributed by atoms with E-state index in [2.05, 4.69) is 44.1 Å². The number of carbonyl (C=O) groups is 1. The first kappa shape index (κ1) is 16.8. The van der Waals surface area contributed by atoms with Crippen LogP contribution in [0.3, 0.4) is 0 Å². The molecule has 1 aromatic rings. The van der Waals surface area contributed by atoms with Crippen LogP contribution < -0.4 is 10.1 Å². The third kappa shape index (κ3) is 4.20. The van der Waals surface area contributed by atoms with Crippen LogP contribution in [-0.2, 0) is 11.3 Å². The van der Waals surface area contributed by atoms with Gasteiger partial charge in [-0.05, 0) is 62.5 Å². The highest BCUT2D eigenvalue weighted by Gasteiger charge is 2.31. The minimum Gasteiger partial charge on any atom is -0.478 e. The average Bonchev–Trinajstić information content (AvgIpc) is 2.75. The Morgan fingerprint density at radius 3 is 2.57 bits per heavy atom. The summed E-state index contributed by atoms with van der Waals surface area (Å²) in [6.45, 7) is 4.70. The van der Waals surface area contributed by atoms with Gasteiger partial charge in [0.2, 0.25) is 0 Å². The Labute approximate surface area is 142 Å². The quantitative estimate of drug-likeness (QED) is 0.719. The number of nitrogens with zero attached hydrogens (tertiary/aromatic N) is 1. The monoisotopic (exact) mass is 418 g/mol. The number of nitrogens with one attached hydrogen (secondary N) is 1. The Morgan fingerprint density at radius 1 is 1.38 bits per heavy atom. The first-order chi connectivity index (χ1) is 10.0. The van der Waals surface area contributed by atoms with E-state index in [1.165, 1.54) is 5.56 Å². The molecule has 4 nitrogen and oxygen atoms in total. The number of benzene rings is 1. The van der Waals surface area contributed by atoms with Crippen molar-refractivity contribution in [1.82, 2.24) is 10.2 Å². The van der Waals surface area contributed by atoms with Crippen LogP contribution in [0.1, 0.15) is 25.3 Å². The lowest BCUT2D eigenvalue weighted by molar-refractivity contribution is -0.132. The van der Waals surface area contributed by atoms with Gasteiger partial charge in [0.25, 0.3) is 5.91 Å². The molecule has 0 aromatic heterocycles. The highest BCUT2D eigenvalue weighted by Crippen LogP contribution is 2.36. The highest BCUT2D eigenvalue weighted by molar-refractivity contribution is 9.11. The minimum absolute atomic E-state index is 0.0440. The van der Waals surface area contributed by atoms with Gasteiger partial charge in [-0.25, -0.2) is 0 Å². The second-order valence-corrected chi connectivity index (χ2v) is 6.93. The second kappa shape index (κ2) is 7.61. The maximum atomic E-state index is 11.9. The SMILES string of the molecule is CCCNCc1cc(Br)c(OC2CCN(C)C2=O)c(Br)c1. The summed E-state index contributed by atoms with van der Waals surface area (Å²) in [7, 11) is 1.80. The Bertz CT molecular complexity index is 499. The van der Waals surface area contributed by atoms with Crippen LogP contribution >= 0.6 is 31.9 Å². The Morgan fingerprint density at radius 2 is 2.05 bits per heavy atom. The molecule has 0 saturated carbocycles. The van der Waals surface area contributed by atoms with Crippen LogP contribution in [0.15, 0.2) is 21.1 Å². The predicted octanol–water partition coefficient (Wildman–Crippen LogP) is 3.32. The molecule has 1 N–H and O–H groups in total. The molecule has 21 heavy (non-hydrogen) atoms. The molecule has 0 aliphatic carbocycles. The highest BCUT2D eigenvalue weighted by atomic mass is 79.9. The summed E-state index contributed by atoms with van der Waals surface area (Å²) in [5.41, 5.74) is 1.17. The third-order valence-electron chi connectivity index (χ3n) is 3.45. The van der Waals surface area contributed by atoms with Crippen LogP contribution in [0, 0.1) is 0 Å². The molecule has 2 rings (SSSR count). The molecule has 0 spiro atoms. The molecule has 0 bridgehead atoms. The molecule has 1 aliphatic rings. The van der Waals surface area contributed by atoms with E-state index in [1.54, 1.807) is 11.9 Å². The summed E-state index contributed by atoms with van der Waals surface area (Å²) in [5.74, 6) is 0.741. The second-order valence-electron chi connectivity index (χ2n) is 5.22. The summed E-state index contributed by atoms with van der Waals surface area (Å²) >= 11 is 7.08. The van der Waals surface area contributed by atoms with Gasteiger partial charge in [-0.3, -0.25) is 4.79 Å². The van der Waals surface area contributed by atoms with Crippen molar-refractivity contribution in [3.05, 3.63) is 26.6 Å². The molecule has 1 atom stereocenters. The molecule has 1 aromatic carbocycles. The summed E-state index contributed by atoms with van der Waals surface area (Å²) in [4.78, 5) is 13.6. The van der Waals surface area contributed by atoms with Crippen LogP contribution in [0.5, 0.6) is 5.75 Å². The number of likely N-dealkylation sites (N-methyl/N-ethyl adjacent to an activating group) is 1. The van der Waals surface area contributed by atoms with Gasteiger partial charge < -0.3 is 15.0 Å². The molecule has 1 unspecified atom stereocenters. The van der Waals surface area contributed by atoms with Crippen LogP contribution in [0.25, 0.3) is 0 Å². The standard InChI is InChI=1S/C15H20Br2N2O2/c1-3-5-18-9-10-7-11(16)14(12(17)8-10)21-13-4-6-19(2)15(13)20/h7-8,13,18H,3-6,9H2,1-2H3. The number of halogens is 2. The van der Waals surface area contributed by atoms with E-state index >= 15 is 0 Å². The zero-order valence-electron chi connectivity index (χ0n) is 12.3. The number of rotatable bonds is 6. The Kier molecular flexibility index (Phi) is 6.08. The van der Waals surface area contributed by atoms with Crippen molar-refractivity contribution < 1.29 is 9.53 Å². The third-order valence-corrected chi connectivity index (χ3v) is 4.63. The van der Waals surface area contributed by atoms with Gasteiger partial charge >= 0.3 is 0 Å². The maximum Gasteiger partial charge on any atom is 0.263 e. The number of hydrogen-bond donors (Lipinski definition) is 1. The summed E-state index contributed by atoms with van der Waals surface area (Å²) < 4.78 is 7.63. The lowest BCUT2D eigenvalue weighted by Crippen LogP contribution is -2.29. The topological polar surface area (TPSA) is 41.6 Å². The maximum absolute atomic E-state index is 11.9. The predicted molar refractivity (Wildman–Crippen MR) is 90.5 cm³/mol. The molecular weight excluding hydrogens is 400 g/mol. The minimum atomic E-state index is -0.383. The average molecular weight is 420 g/mol. The molecule has 1 aliphatic heterocycles. The number of ether oxygens (including phenoxy) is 1. The van der Waals surface area contributed by atoms with Gasteiger partial charge in [0, 0.05) is 26.6 Å². The Hall–Kier alpha value is -0.590. The van der Waals surface area contributed by atoms with Gasteiger partial charge in [-0.15, -0.1) is 0 Å². The number of likely N-dealkylation sites (tertiary alicyclic amines) is 1. The Balaban J connectivity index is 2.08. The number of amides is 1. The molecule has 0 radical (unpaired) electrons. The van der Waals surface area contributed by atoms with E-state index < -0.39 is 0 Å². The van der Waals surface area contributed by atoms with Crippen LogP contribution in [0.2, 0.25) is 0 Å². The zero-order chi connectivity index (χ0) is 15.4. The van der Waals surface area contributed by atoms with Crippen molar-refractivity contribution in [2.24, 2.45) is 0 Å². The molecule has 1 fully saturated rings. The summed E-state index contributed by atoms with van der Waals surface area (Å²) in [5, 5.41) is 3.37. The van der Waals surface area contributed by atoms with Gasteiger partial charge in [0.05, 0.1) is 8.95 Å². The number of carbonyl (C=O) groups excluding carboxylic acids is 1. The normalized spacial score (nSPS) is 18.4. The van der Waals surface area contributed by atoms with Crippen LogP contribution in [-0.4, -0.2) is 37.0 Å². The van der Waals surface area contributed by atoms with E-state index in [1.807, 2.05) is 12.1 Å². The van der Waals surface area contributed by atoms with Crippen molar-refractivity contribution in [3.63, 3.8) is 0 Å². The molecule has 1 heterocycles. The molecular formula is C15H20Br2N2O2. The zero-order valence-corrected chi connectivity index (χ0v) is 15.5. The molecule has 116 valence electrons. The van der Waals surface area contributed by atoms with Gasteiger partial charge in [0.15, 0.2) is 6.10 Å². The van der Waals surface area contributed by atoms with Crippen molar-refractivity contribution in [3.8, 4) is 5.75 Å². The summed E-state index contributed by atoms with van der Waals surface area (Å²) in [6, 6.07) is 4.07. The first-order valence-corrected chi connectivity index (χ1v) is 8.71. The lowest BCUT2D eigenvalue weighted by Gasteiger charge is -2.16. The number of hydrogen-bond acceptors (Lipinski definition) is 3. The fourth-order valence-corrected chi connectivity index (χ4v) is 3.75. The van der Waals surface area contributed by atoms with Crippen molar-refractivity contribution in [2.45, 2.75) is 32.4 Å². The van der Waals surface area contributed by atoms with Gasteiger partial charge in [-0.2, -0.15) is 0 Å². The molecule has 6 heteroatoms. The molecule has 1 saturated heterocycles. The van der Waals surface area contributed by atoms with Crippen LogP contribution in [0.4, 0.5) is 0 Å². The van der Waals surface area contributed by atoms with Gasteiger partial charge in [0.1, 0.15) is 5.75 Å². The smallest absolute Gasteiger partial charge is 0.263 e. The largest absolute Gasteiger partial charge is 0.478 e. The molecule has 1 amide bonds. The van der Waals surface area contributed by atoms with E-state index in [4.69, 9.17) is 4.74 Å². The van der Waals surface area contributed by atoms with E-state index in [9.17, 15) is 4.79 Å². The van der Waals surface area contributed by atoms with Crippen molar-refractivity contribution in [1.29, 1.82) is 0 Å². The first-order valence-electron chi connectivity index (χ1n) is 7.13. The fourth-order valence-electron chi connectivity index (χ4n) is 2.28. The van der Waals surface area contributed by atoms with E-state index in [0.29, 0.717) is 5.75 Å². The van der Waals surface area contributed by atoms with E-state index in [0.717, 1.165) is 41.4 Å². The lowest BCUT2D eigenvalue weighted by atomic mass is 10.2.